The number of aliphatic imine (C=N–C) groups is 1. The molecule has 0 radical (unpaired) electrons. The monoisotopic (exact) mass is 713 g/mol. The number of benzene rings is 2. The normalized spacial score (nSPS) is 27.2. The van der Waals surface area contributed by atoms with E-state index in [-0.39, 0.29) is 40.7 Å². The first-order valence-electron chi connectivity index (χ1n) is 16.7. The van der Waals surface area contributed by atoms with Crippen LogP contribution >= 0.6 is 35.0 Å². The smallest absolute Gasteiger partial charge is 0.263 e. The number of thioether (sulfide) groups is 1. The Morgan fingerprint density at radius 2 is 1.79 bits per heavy atom. The number of halogens is 3. The first-order chi connectivity index (χ1) is 22.8. The van der Waals surface area contributed by atoms with Gasteiger partial charge in [0.15, 0.2) is 5.17 Å². The molecule has 2 aromatic rings. The Hall–Kier alpha value is -3.08. The molecule has 2 aromatic carbocycles. The van der Waals surface area contributed by atoms with E-state index in [2.05, 4.69) is 25.7 Å². The summed E-state index contributed by atoms with van der Waals surface area (Å²) in [5, 5.41) is 1.29. The Balaban J connectivity index is 1.38. The molecule has 5 unspecified atom stereocenters. The van der Waals surface area contributed by atoms with Crippen molar-refractivity contribution in [3.63, 3.8) is 0 Å². The highest BCUT2D eigenvalue weighted by Gasteiger charge is 2.55. The van der Waals surface area contributed by atoms with Crippen LogP contribution in [0.25, 0.3) is 0 Å². The molecule has 5 atom stereocenters. The molecule has 0 saturated carbocycles. The number of carbonyl (C=O) groups is 3. The number of allylic oxidation sites excluding steroid dienone is 1. The van der Waals surface area contributed by atoms with Gasteiger partial charge in [-0.05, 0) is 86.2 Å². The van der Waals surface area contributed by atoms with Gasteiger partial charge in [0, 0.05) is 49.4 Å². The summed E-state index contributed by atoms with van der Waals surface area (Å²) in [7, 11) is 0. The first-order valence-corrected chi connectivity index (χ1v) is 18.2. The fraction of sp³-hybridized carbons (Fsp3) is 0.500. The number of rotatable bonds is 6. The Kier molecular flexibility index (Phi) is 9.65. The van der Waals surface area contributed by atoms with Crippen LogP contribution in [-0.4, -0.2) is 80.2 Å². The van der Waals surface area contributed by atoms with Crippen molar-refractivity contribution in [2.45, 2.75) is 90.5 Å². The maximum atomic E-state index is 14.9. The second kappa shape index (κ2) is 13.3. The minimum absolute atomic E-state index is 0.00221. The average Bonchev–Trinajstić information content (AvgIpc) is 3.72. The van der Waals surface area contributed by atoms with E-state index in [1.807, 2.05) is 47.9 Å². The number of amides is 3. The lowest BCUT2D eigenvalue weighted by atomic mass is 9.81. The van der Waals surface area contributed by atoms with Crippen LogP contribution in [-0.2, 0) is 19.9 Å². The van der Waals surface area contributed by atoms with Crippen molar-refractivity contribution >= 4 is 57.9 Å². The molecule has 8 nitrogen and oxygen atoms in total. The van der Waals surface area contributed by atoms with E-state index in [4.69, 9.17) is 28.2 Å². The zero-order chi connectivity index (χ0) is 34.7. The van der Waals surface area contributed by atoms with Crippen LogP contribution in [0.15, 0.2) is 58.1 Å². The molecule has 2 fully saturated rings. The summed E-state index contributed by atoms with van der Waals surface area (Å²) in [6.45, 7) is 13.0. The molecular formula is C36H42Cl2FN5O3S. The van der Waals surface area contributed by atoms with Gasteiger partial charge in [-0.25, -0.2) is 9.38 Å². The third kappa shape index (κ3) is 5.92. The van der Waals surface area contributed by atoms with Crippen LogP contribution in [0.1, 0.15) is 78.0 Å². The number of carbonyl (C=O) groups excluding carboxylic acids is 3. The van der Waals surface area contributed by atoms with Crippen LogP contribution in [0.4, 0.5) is 4.39 Å². The summed E-state index contributed by atoms with van der Waals surface area (Å²) < 4.78 is 14.9. The molecule has 12 heteroatoms. The van der Waals surface area contributed by atoms with Gasteiger partial charge in [-0.15, -0.1) is 0 Å². The topological polar surface area (TPSA) is 76.5 Å². The first kappa shape index (κ1) is 34.8. The number of amidine groups is 1. The van der Waals surface area contributed by atoms with Crippen molar-refractivity contribution in [2.24, 2.45) is 10.9 Å². The van der Waals surface area contributed by atoms with Crippen LogP contribution < -0.4 is 0 Å². The van der Waals surface area contributed by atoms with Crippen molar-refractivity contribution in [1.29, 1.82) is 0 Å². The van der Waals surface area contributed by atoms with Gasteiger partial charge < -0.3 is 19.6 Å². The molecule has 0 aromatic heterocycles. The Bertz CT molecular complexity index is 1700. The second-order valence-corrected chi connectivity index (χ2v) is 15.5. The van der Waals surface area contributed by atoms with Gasteiger partial charge in [0.2, 0.25) is 11.8 Å². The van der Waals surface area contributed by atoms with Crippen molar-refractivity contribution in [2.75, 3.05) is 19.6 Å². The second-order valence-electron chi connectivity index (χ2n) is 13.7. The molecule has 4 aliphatic heterocycles. The van der Waals surface area contributed by atoms with Crippen molar-refractivity contribution in [3.05, 3.63) is 80.1 Å². The minimum Gasteiger partial charge on any atom is -0.337 e. The predicted octanol–water partition coefficient (Wildman–Crippen LogP) is 7.22. The molecule has 4 aliphatic rings. The van der Waals surface area contributed by atoms with Crippen LogP contribution in [0.3, 0.4) is 0 Å². The van der Waals surface area contributed by atoms with E-state index in [0.717, 1.165) is 24.1 Å². The number of likely N-dealkylation sites (tertiary alicyclic amines) is 1. The number of piperazine rings is 1. The average molecular weight is 715 g/mol. The van der Waals surface area contributed by atoms with Crippen molar-refractivity contribution < 1.29 is 18.8 Å². The lowest BCUT2D eigenvalue weighted by Crippen LogP contribution is -2.58. The van der Waals surface area contributed by atoms with Gasteiger partial charge >= 0.3 is 0 Å². The zero-order valence-corrected chi connectivity index (χ0v) is 30.5. The molecular weight excluding hydrogens is 672 g/mol. The van der Waals surface area contributed by atoms with Crippen LogP contribution in [0.2, 0.25) is 10.0 Å². The van der Waals surface area contributed by atoms with Gasteiger partial charge in [0.1, 0.15) is 22.3 Å². The molecule has 2 saturated heterocycles. The highest BCUT2D eigenvalue weighted by atomic mass is 35.5. The van der Waals surface area contributed by atoms with E-state index >= 15 is 0 Å². The van der Waals surface area contributed by atoms with E-state index in [1.54, 1.807) is 24.0 Å². The lowest BCUT2D eigenvalue weighted by molar-refractivity contribution is -0.147. The van der Waals surface area contributed by atoms with E-state index < -0.39 is 23.4 Å². The van der Waals surface area contributed by atoms with Crippen LogP contribution in [0.5, 0.6) is 0 Å². The molecule has 0 bridgehead atoms. The summed E-state index contributed by atoms with van der Waals surface area (Å²) in [6, 6.07) is 11.2. The fourth-order valence-electron chi connectivity index (χ4n) is 7.88. The summed E-state index contributed by atoms with van der Waals surface area (Å²) in [5.41, 5.74) is 1.51. The van der Waals surface area contributed by atoms with E-state index in [9.17, 15) is 18.8 Å². The molecule has 4 heterocycles. The molecule has 0 aliphatic carbocycles. The van der Waals surface area contributed by atoms with Gasteiger partial charge in [-0.1, -0.05) is 62.2 Å². The number of nitrogens with zero attached hydrogens (tertiary/aromatic N) is 5. The standard InChI is InChI=1S/C36H42Cl2FN5O3S/c1-7-26-13-15-29(33(46)41-16-17-42(22(5)45)21(4)19-41)43(26)34(47)31-30(20(2)3)44-32(23-8-11-25(37)12-9-23)36(6,40-35(44)48-31)24-10-14-27(38)28(39)18-24/h8-12,14,18,20-21,26,29,32H,7,13,15-17,19H2,1-6H3. The Morgan fingerprint density at radius 3 is 2.40 bits per heavy atom. The summed E-state index contributed by atoms with van der Waals surface area (Å²) in [4.78, 5) is 54.4. The van der Waals surface area contributed by atoms with Gasteiger partial charge in [-0.3, -0.25) is 14.4 Å². The zero-order valence-electron chi connectivity index (χ0n) is 28.2. The summed E-state index contributed by atoms with van der Waals surface area (Å²) in [5.74, 6) is -0.803. The molecule has 3 amide bonds. The summed E-state index contributed by atoms with van der Waals surface area (Å²) >= 11 is 13.7. The number of fused-ring (bicyclic) bond motifs is 1. The number of hydrogen-bond acceptors (Lipinski definition) is 6. The maximum Gasteiger partial charge on any atom is 0.263 e. The highest BCUT2D eigenvalue weighted by molar-refractivity contribution is 8.18. The highest BCUT2D eigenvalue weighted by Crippen LogP contribution is 2.56. The van der Waals surface area contributed by atoms with Gasteiger partial charge in [0.05, 0.1) is 11.1 Å². The maximum absolute atomic E-state index is 14.9. The Labute approximate surface area is 296 Å². The molecule has 0 N–H and O–H groups in total. The summed E-state index contributed by atoms with van der Waals surface area (Å²) in [6.07, 6.45) is 2.07. The van der Waals surface area contributed by atoms with E-state index in [0.29, 0.717) is 46.7 Å². The largest absolute Gasteiger partial charge is 0.337 e. The fourth-order valence-corrected chi connectivity index (χ4v) is 9.47. The van der Waals surface area contributed by atoms with E-state index in [1.165, 1.54) is 17.8 Å². The van der Waals surface area contributed by atoms with Crippen molar-refractivity contribution in [3.8, 4) is 0 Å². The molecule has 256 valence electrons. The molecule has 6 rings (SSSR count). The lowest BCUT2D eigenvalue weighted by Gasteiger charge is -2.41. The third-order valence-corrected chi connectivity index (χ3v) is 11.9. The van der Waals surface area contributed by atoms with Gasteiger partial charge in [0.25, 0.3) is 5.91 Å². The predicted molar refractivity (Wildman–Crippen MR) is 189 cm³/mol. The quantitative estimate of drug-likeness (QED) is 0.316. The molecule has 48 heavy (non-hydrogen) atoms. The molecule has 0 spiro atoms. The third-order valence-electron chi connectivity index (χ3n) is 10.3. The number of hydrogen-bond donors (Lipinski definition) is 0. The minimum atomic E-state index is -0.910. The van der Waals surface area contributed by atoms with Crippen LogP contribution in [0, 0.1) is 11.7 Å². The van der Waals surface area contributed by atoms with Crippen molar-refractivity contribution in [1.82, 2.24) is 19.6 Å². The Morgan fingerprint density at radius 1 is 1.08 bits per heavy atom. The van der Waals surface area contributed by atoms with Gasteiger partial charge in [-0.2, -0.15) is 0 Å². The SMILES string of the molecule is CCC1CCC(C(=O)N2CCN(C(C)=O)C(C)C2)N1C(=O)C1=C(C(C)C)N2C(=NC(C)(c3ccc(Cl)c(F)c3)C2c2ccc(Cl)cc2)S1.